The Balaban J connectivity index is 0.00000288. The average molecular weight is 375 g/mol. The summed E-state index contributed by atoms with van der Waals surface area (Å²) in [6.45, 7) is 2.88. The number of ether oxygens (including phenoxy) is 1. The molecule has 0 radical (unpaired) electrons. The van der Waals surface area contributed by atoms with Crippen molar-refractivity contribution in [2.24, 2.45) is 0 Å². The number of rotatable bonds is 8. The standard InChI is InChI=1S/C18H27ClN2O2.ClH/c1-23-14-13-20-11-12-21-17(22)18(9-3-2-4-10-18)15-5-7-16(19)8-6-15;/h5-8,20H,2-4,9-14H2,1H3,(H,21,22);1H. The van der Waals surface area contributed by atoms with Crippen molar-refractivity contribution in [3.63, 3.8) is 0 Å². The first kappa shape index (κ1) is 21.2. The fourth-order valence-corrected chi connectivity index (χ4v) is 3.43. The minimum Gasteiger partial charge on any atom is -0.383 e. The average Bonchev–Trinajstić information content (AvgIpc) is 2.59. The lowest BCUT2D eigenvalue weighted by molar-refractivity contribution is -0.128. The van der Waals surface area contributed by atoms with Crippen LogP contribution in [0.4, 0.5) is 0 Å². The van der Waals surface area contributed by atoms with Crippen LogP contribution in [0.3, 0.4) is 0 Å². The number of benzene rings is 1. The molecule has 0 unspecified atom stereocenters. The highest BCUT2D eigenvalue weighted by Gasteiger charge is 2.40. The molecule has 1 aliphatic carbocycles. The van der Waals surface area contributed by atoms with Crippen LogP contribution in [0.1, 0.15) is 37.7 Å². The van der Waals surface area contributed by atoms with E-state index in [2.05, 4.69) is 10.6 Å². The Bertz CT molecular complexity index is 488. The van der Waals surface area contributed by atoms with E-state index in [0.717, 1.165) is 44.3 Å². The molecule has 0 spiro atoms. The van der Waals surface area contributed by atoms with Gasteiger partial charge in [-0.2, -0.15) is 0 Å². The summed E-state index contributed by atoms with van der Waals surface area (Å²) in [5.41, 5.74) is 0.696. The molecule has 0 aliphatic heterocycles. The lowest BCUT2D eigenvalue weighted by Crippen LogP contribution is -2.47. The molecule has 24 heavy (non-hydrogen) atoms. The third kappa shape index (κ3) is 5.62. The first-order valence-electron chi connectivity index (χ1n) is 8.43. The number of hydrogen-bond acceptors (Lipinski definition) is 3. The van der Waals surface area contributed by atoms with Gasteiger partial charge in [0.15, 0.2) is 0 Å². The van der Waals surface area contributed by atoms with Crippen LogP contribution < -0.4 is 10.6 Å². The molecule has 1 aromatic carbocycles. The smallest absolute Gasteiger partial charge is 0.230 e. The molecule has 4 nitrogen and oxygen atoms in total. The monoisotopic (exact) mass is 374 g/mol. The predicted octanol–water partition coefficient (Wildman–Crippen LogP) is 3.32. The second-order valence-electron chi connectivity index (χ2n) is 6.15. The Hall–Kier alpha value is -0.810. The first-order valence-corrected chi connectivity index (χ1v) is 8.81. The summed E-state index contributed by atoms with van der Waals surface area (Å²) in [5.74, 6) is 0.146. The van der Waals surface area contributed by atoms with Gasteiger partial charge in [-0.15, -0.1) is 12.4 Å². The van der Waals surface area contributed by atoms with Gasteiger partial charge in [0.05, 0.1) is 12.0 Å². The molecule has 2 N–H and O–H groups in total. The second-order valence-corrected chi connectivity index (χ2v) is 6.58. The number of methoxy groups -OCH3 is 1. The van der Waals surface area contributed by atoms with Gasteiger partial charge in [-0.1, -0.05) is 43.0 Å². The van der Waals surface area contributed by atoms with E-state index in [0.29, 0.717) is 18.2 Å². The fraction of sp³-hybridized carbons (Fsp3) is 0.611. The lowest BCUT2D eigenvalue weighted by atomic mass is 9.68. The van der Waals surface area contributed by atoms with Crippen molar-refractivity contribution in [3.05, 3.63) is 34.9 Å². The van der Waals surface area contributed by atoms with Gasteiger partial charge < -0.3 is 15.4 Å². The van der Waals surface area contributed by atoms with E-state index in [1.165, 1.54) is 6.42 Å². The second kappa shape index (κ2) is 10.9. The van der Waals surface area contributed by atoms with Crippen molar-refractivity contribution in [3.8, 4) is 0 Å². The molecule has 1 saturated carbocycles. The van der Waals surface area contributed by atoms with Crippen molar-refractivity contribution < 1.29 is 9.53 Å². The van der Waals surface area contributed by atoms with E-state index in [4.69, 9.17) is 16.3 Å². The van der Waals surface area contributed by atoms with Crippen LogP contribution in [-0.2, 0) is 14.9 Å². The predicted molar refractivity (Wildman–Crippen MR) is 101 cm³/mol. The van der Waals surface area contributed by atoms with Gasteiger partial charge in [-0.25, -0.2) is 0 Å². The molecule has 0 heterocycles. The molecule has 2 rings (SSSR count). The van der Waals surface area contributed by atoms with E-state index in [1.54, 1.807) is 7.11 Å². The van der Waals surface area contributed by atoms with E-state index in [1.807, 2.05) is 24.3 Å². The third-order valence-electron chi connectivity index (χ3n) is 4.61. The third-order valence-corrected chi connectivity index (χ3v) is 4.86. The van der Waals surface area contributed by atoms with Crippen LogP contribution in [0, 0.1) is 0 Å². The molecular formula is C18H28Cl2N2O2. The SMILES string of the molecule is COCCNCCNC(=O)C1(c2ccc(Cl)cc2)CCCCC1.Cl. The van der Waals surface area contributed by atoms with Crippen molar-refractivity contribution >= 4 is 29.9 Å². The number of amides is 1. The van der Waals surface area contributed by atoms with E-state index >= 15 is 0 Å². The molecule has 6 heteroatoms. The molecule has 0 atom stereocenters. The summed E-state index contributed by atoms with van der Waals surface area (Å²) >= 11 is 6.00. The maximum absolute atomic E-state index is 12.9. The van der Waals surface area contributed by atoms with Gasteiger partial charge in [0.25, 0.3) is 0 Å². The van der Waals surface area contributed by atoms with Gasteiger partial charge in [-0.3, -0.25) is 4.79 Å². The highest BCUT2D eigenvalue weighted by Crippen LogP contribution is 2.40. The highest BCUT2D eigenvalue weighted by atomic mass is 35.5. The molecule has 0 saturated heterocycles. The summed E-state index contributed by atoms with van der Waals surface area (Å²) in [5, 5.41) is 7.07. The Morgan fingerprint density at radius 2 is 1.79 bits per heavy atom. The first-order chi connectivity index (χ1) is 11.2. The van der Waals surface area contributed by atoms with E-state index in [9.17, 15) is 4.79 Å². The highest BCUT2D eigenvalue weighted by molar-refractivity contribution is 6.30. The van der Waals surface area contributed by atoms with Crippen molar-refractivity contribution in [2.75, 3.05) is 33.4 Å². The maximum Gasteiger partial charge on any atom is 0.230 e. The number of nitrogens with one attached hydrogen (secondary N) is 2. The minimum absolute atomic E-state index is 0. The minimum atomic E-state index is -0.393. The van der Waals surface area contributed by atoms with Crippen LogP contribution in [-0.4, -0.2) is 39.3 Å². The largest absolute Gasteiger partial charge is 0.383 e. The van der Waals surface area contributed by atoms with Crippen molar-refractivity contribution in [1.82, 2.24) is 10.6 Å². The van der Waals surface area contributed by atoms with Crippen LogP contribution >= 0.6 is 24.0 Å². The van der Waals surface area contributed by atoms with Crippen LogP contribution in [0.2, 0.25) is 5.02 Å². The summed E-state index contributed by atoms with van der Waals surface area (Å²) in [6, 6.07) is 7.77. The normalized spacial score (nSPS) is 16.2. The topological polar surface area (TPSA) is 50.4 Å². The molecule has 1 aromatic rings. The van der Waals surface area contributed by atoms with Crippen molar-refractivity contribution in [1.29, 1.82) is 0 Å². The summed E-state index contributed by atoms with van der Waals surface area (Å²) < 4.78 is 4.99. The van der Waals surface area contributed by atoms with Gasteiger partial charge in [-0.05, 0) is 30.5 Å². The van der Waals surface area contributed by atoms with Gasteiger partial charge in [0.2, 0.25) is 5.91 Å². The molecule has 1 amide bonds. The van der Waals surface area contributed by atoms with Crippen LogP contribution in [0.5, 0.6) is 0 Å². The lowest BCUT2D eigenvalue weighted by Gasteiger charge is -2.36. The number of hydrogen-bond donors (Lipinski definition) is 2. The molecule has 136 valence electrons. The summed E-state index contributed by atoms with van der Waals surface area (Å²) in [7, 11) is 1.68. The number of carbonyl (C=O) groups excluding carboxylic acids is 1. The van der Waals surface area contributed by atoms with Crippen LogP contribution in [0.25, 0.3) is 0 Å². The molecule has 1 aliphatic rings. The van der Waals surface area contributed by atoms with E-state index < -0.39 is 5.41 Å². The summed E-state index contributed by atoms with van der Waals surface area (Å²) in [6.07, 6.45) is 5.24. The maximum atomic E-state index is 12.9. The van der Waals surface area contributed by atoms with Gasteiger partial charge >= 0.3 is 0 Å². The molecular weight excluding hydrogens is 347 g/mol. The molecule has 0 aromatic heterocycles. The van der Waals surface area contributed by atoms with Crippen LogP contribution in [0.15, 0.2) is 24.3 Å². The molecule has 0 bridgehead atoms. The number of halogens is 2. The van der Waals surface area contributed by atoms with Gasteiger partial charge in [0.1, 0.15) is 0 Å². The summed E-state index contributed by atoms with van der Waals surface area (Å²) in [4.78, 5) is 12.9. The Kier molecular flexibility index (Phi) is 9.67. The van der Waals surface area contributed by atoms with Gasteiger partial charge in [0, 0.05) is 31.8 Å². The Morgan fingerprint density at radius 3 is 2.42 bits per heavy atom. The molecule has 1 fully saturated rings. The zero-order valence-corrected chi connectivity index (χ0v) is 15.8. The number of carbonyl (C=O) groups is 1. The fourth-order valence-electron chi connectivity index (χ4n) is 3.30. The zero-order valence-electron chi connectivity index (χ0n) is 14.3. The zero-order chi connectivity index (χ0) is 16.5. The quantitative estimate of drug-likeness (QED) is 0.686. The Morgan fingerprint density at radius 1 is 1.12 bits per heavy atom. The van der Waals surface area contributed by atoms with E-state index in [-0.39, 0.29) is 18.3 Å². The Labute approximate surface area is 156 Å². The van der Waals surface area contributed by atoms with Crippen molar-refractivity contribution in [2.45, 2.75) is 37.5 Å².